The summed E-state index contributed by atoms with van der Waals surface area (Å²) in [6.07, 6.45) is 0.617. The third-order valence-electron chi connectivity index (χ3n) is 5.45. The predicted molar refractivity (Wildman–Crippen MR) is 99.5 cm³/mol. The number of benzene rings is 1. The van der Waals surface area contributed by atoms with Gasteiger partial charge < -0.3 is 9.53 Å². The molecule has 0 aromatic heterocycles. The maximum atomic E-state index is 11.8. The van der Waals surface area contributed by atoms with Crippen molar-refractivity contribution in [3.63, 3.8) is 0 Å². The SMILES string of the molecule is CC(C)(C)[Si](C)(C)OC1CCN(Cc2ccccc2)C[C@@H]1C(=O)O. The molecule has 1 unspecified atom stereocenters. The van der Waals surface area contributed by atoms with E-state index in [1.807, 2.05) is 18.2 Å². The lowest BCUT2D eigenvalue weighted by Gasteiger charge is -2.44. The molecule has 24 heavy (non-hydrogen) atoms. The van der Waals surface area contributed by atoms with Crippen LogP contribution in [0.2, 0.25) is 18.1 Å². The summed E-state index contributed by atoms with van der Waals surface area (Å²) in [5, 5.41) is 9.80. The third kappa shape index (κ3) is 4.68. The topological polar surface area (TPSA) is 49.8 Å². The van der Waals surface area contributed by atoms with E-state index in [1.54, 1.807) is 0 Å². The second kappa shape index (κ2) is 7.38. The van der Waals surface area contributed by atoms with Gasteiger partial charge in [-0.05, 0) is 30.1 Å². The van der Waals surface area contributed by atoms with E-state index >= 15 is 0 Å². The monoisotopic (exact) mass is 349 g/mol. The van der Waals surface area contributed by atoms with Gasteiger partial charge in [0.2, 0.25) is 0 Å². The highest BCUT2D eigenvalue weighted by Crippen LogP contribution is 2.39. The molecule has 2 rings (SSSR count). The highest BCUT2D eigenvalue weighted by atomic mass is 28.4. The molecule has 1 saturated heterocycles. The van der Waals surface area contributed by atoms with Crippen molar-refractivity contribution in [2.75, 3.05) is 13.1 Å². The van der Waals surface area contributed by atoms with E-state index in [0.717, 1.165) is 19.5 Å². The molecule has 4 nitrogen and oxygen atoms in total. The Morgan fingerprint density at radius 2 is 1.92 bits per heavy atom. The number of carboxylic acid groups (broad SMARTS) is 1. The number of carbonyl (C=O) groups is 1. The standard InChI is InChI=1S/C19H31NO3Si/c1-19(2,3)24(4,5)23-17-11-12-20(14-16(17)18(21)22)13-15-9-7-6-8-10-15/h6-10,16-17H,11-14H2,1-5H3,(H,21,22)/t16-,17?/m0/s1. The van der Waals surface area contributed by atoms with Gasteiger partial charge in [0, 0.05) is 19.6 Å². The summed E-state index contributed by atoms with van der Waals surface area (Å²) >= 11 is 0. The average molecular weight is 350 g/mol. The number of carboxylic acids is 1. The van der Waals surface area contributed by atoms with Crippen LogP contribution in [0.5, 0.6) is 0 Å². The van der Waals surface area contributed by atoms with Crippen LogP contribution in [0.4, 0.5) is 0 Å². The molecule has 1 aromatic rings. The van der Waals surface area contributed by atoms with Crippen LogP contribution in [0.15, 0.2) is 30.3 Å². The van der Waals surface area contributed by atoms with Crippen LogP contribution in [-0.2, 0) is 15.8 Å². The van der Waals surface area contributed by atoms with Crippen LogP contribution in [0.25, 0.3) is 0 Å². The number of aliphatic carboxylic acids is 1. The third-order valence-corrected chi connectivity index (χ3v) is 9.96. The summed E-state index contributed by atoms with van der Waals surface area (Å²) in [6.45, 7) is 13.2. The van der Waals surface area contributed by atoms with Gasteiger partial charge >= 0.3 is 5.97 Å². The molecule has 0 aliphatic carbocycles. The molecule has 5 heteroatoms. The first-order valence-corrected chi connectivity index (χ1v) is 11.7. The molecule has 0 radical (unpaired) electrons. The summed E-state index contributed by atoms with van der Waals surface area (Å²) in [5.74, 6) is -1.19. The van der Waals surface area contributed by atoms with Gasteiger partial charge in [0.1, 0.15) is 0 Å². The van der Waals surface area contributed by atoms with E-state index in [1.165, 1.54) is 5.56 Å². The maximum Gasteiger partial charge on any atom is 0.310 e. The summed E-state index contributed by atoms with van der Waals surface area (Å²) < 4.78 is 6.45. The molecular formula is C19H31NO3Si. The van der Waals surface area contributed by atoms with Gasteiger partial charge in [-0.15, -0.1) is 0 Å². The van der Waals surface area contributed by atoms with Crippen LogP contribution >= 0.6 is 0 Å². The Labute approximate surface area is 147 Å². The quantitative estimate of drug-likeness (QED) is 0.817. The number of nitrogens with zero attached hydrogens (tertiary/aromatic N) is 1. The van der Waals surface area contributed by atoms with Gasteiger partial charge in [-0.25, -0.2) is 0 Å². The fourth-order valence-corrected chi connectivity index (χ4v) is 4.31. The Hall–Kier alpha value is -1.17. The van der Waals surface area contributed by atoms with Gasteiger partial charge in [-0.1, -0.05) is 51.1 Å². The summed E-state index contributed by atoms with van der Waals surface area (Å²) in [5.41, 5.74) is 1.23. The second-order valence-corrected chi connectivity index (χ2v) is 13.1. The molecule has 1 aliphatic rings. The zero-order valence-corrected chi connectivity index (χ0v) is 16.6. The first kappa shape index (κ1) is 19.2. The van der Waals surface area contributed by atoms with Crippen LogP contribution in [-0.4, -0.2) is 43.5 Å². The number of hydrogen-bond donors (Lipinski definition) is 1. The van der Waals surface area contributed by atoms with Crippen molar-refractivity contribution in [3.8, 4) is 0 Å². The van der Waals surface area contributed by atoms with Gasteiger partial charge in [0.15, 0.2) is 8.32 Å². The lowest BCUT2D eigenvalue weighted by Crippen LogP contribution is -2.53. The lowest BCUT2D eigenvalue weighted by atomic mass is 9.94. The van der Waals surface area contributed by atoms with Crippen LogP contribution < -0.4 is 0 Å². The van der Waals surface area contributed by atoms with Crippen molar-refractivity contribution >= 4 is 14.3 Å². The summed E-state index contributed by atoms with van der Waals surface area (Å²) in [7, 11) is -1.96. The van der Waals surface area contributed by atoms with Crippen molar-refractivity contribution < 1.29 is 14.3 Å². The van der Waals surface area contributed by atoms with Gasteiger partial charge in [0.25, 0.3) is 0 Å². The maximum absolute atomic E-state index is 11.8. The highest BCUT2D eigenvalue weighted by molar-refractivity contribution is 6.74. The first-order valence-electron chi connectivity index (χ1n) is 8.77. The van der Waals surface area contributed by atoms with Crippen LogP contribution in [0.3, 0.4) is 0 Å². The van der Waals surface area contributed by atoms with E-state index in [4.69, 9.17) is 4.43 Å². The molecule has 1 heterocycles. The molecule has 0 saturated carbocycles. The zero-order chi connectivity index (χ0) is 18.0. The molecule has 1 aliphatic heterocycles. The van der Waals surface area contributed by atoms with Gasteiger partial charge in [-0.3, -0.25) is 9.69 Å². The smallest absolute Gasteiger partial charge is 0.310 e. The second-order valence-electron chi connectivity index (χ2n) is 8.37. The van der Waals surface area contributed by atoms with Crippen molar-refractivity contribution in [2.24, 2.45) is 5.92 Å². The number of hydrogen-bond acceptors (Lipinski definition) is 3. The lowest BCUT2D eigenvalue weighted by molar-refractivity contribution is -0.148. The molecule has 0 bridgehead atoms. The molecule has 1 N–H and O–H groups in total. The minimum Gasteiger partial charge on any atom is -0.481 e. The van der Waals surface area contributed by atoms with Gasteiger partial charge in [-0.2, -0.15) is 0 Å². The van der Waals surface area contributed by atoms with Crippen molar-refractivity contribution in [3.05, 3.63) is 35.9 Å². The average Bonchev–Trinajstić information content (AvgIpc) is 2.48. The zero-order valence-electron chi connectivity index (χ0n) is 15.6. The van der Waals surface area contributed by atoms with Gasteiger partial charge in [0.05, 0.1) is 12.0 Å². The largest absolute Gasteiger partial charge is 0.481 e. The Bertz CT molecular complexity index is 553. The number of piperidine rings is 1. The van der Waals surface area contributed by atoms with E-state index in [-0.39, 0.29) is 11.1 Å². The van der Waals surface area contributed by atoms with Crippen molar-refractivity contribution in [1.29, 1.82) is 0 Å². The minimum atomic E-state index is -1.96. The Morgan fingerprint density at radius 1 is 1.29 bits per heavy atom. The minimum absolute atomic E-state index is 0.0945. The van der Waals surface area contributed by atoms with Crippen molar-refractivity contribution in [2.45, 2.75) is 58.0 Å². The fraction of sp³-hybridized carbons (Fsp3) is 0.632. The fourth-order valence-electron chi connectivity index (χ4n) is 2.92. The normalized spacial score (nSPS) is 23.2. The molecule has 1 fully saturated rings. The highest BCUT2D eigenvalue weighted by Gasteiger charge is 2.43. The summed E-state index contributed by atoms with van der Waals surface area (Å²) in [6, 6.07) is 10.2. The molecule has 0 amide bonds. The summed E-state index contributed by atoms with van der Waals surface area (Å²) in [4.78, 5) is 14.0. The number of likely N-dealkylation sites (tertiary alicyclic amines) is 1. The molecule has 134 valence electrons. The Morgan fingerprint density at radius 3 is 2.46 bits per heavy atom. The molecule has 0 spiro atoms. The van der Waals surface area contributed by atoms with E-state index < -0.39 is 20.2 Å². The Kier molecular flexibility index (Phi) is 5.89. The first-order chi connectivity index (χ1) is 11.1. The number of rotatable bonds is 5. The predicted octanol–water partition coefficient (Wildman–Crippen LogP) is 3.98. The van der Waals surface area contributed by atoms with Crippen LogP contribution in [0.1, 0.15) is 32.8 Å². The van der Waals surface area contributed by atoms with Crippen LogP contribution in [0, 0.1) is 5.92 Å². The molecule has 2 atom stereocenters. The molecule has 1 aromatic carbocycles. The van der Waals surface area contributed by atoms with E-state index in [2.05, 4.69) is 50.9 Å². The Balaban J connectivity index is 2.05. The van der Waals surface area contributed by atoms with Crippen molar-refractivity contribution in [1.82, 2.24) is 4.90 Å². The van der Waals surface area contributed by atoms with E-state index in [9.17, 15) is 9.90 Å². The van der Waals surface area contributed by atoms with E-state index in [0.29, 0.717) is 6.54 Å². The molecular weight excluding hydrogens is 318 g/mol.